The van der Waals surface area contributed by atoms with Crippen molar-refractivity contribution in [1.82, 2.24) is 15.3 Å². The SMILES string of the molecule is N#CC(C(=O)NCc1ccccc1)c1nc2ccccc2nc1N1CCN(c2ccc(F)cc2)CC1. The molecule has 2 heterocycles. The van der Waals surface area contributed by atoms with Crippen molar-refractivity contribution in [1.29, 1.82) is 5.26 Å². The Balaban J connectivity index is 1.41. The molecule has 8 heteroatoms. The number of anilines is 2. The lowest BCUT2D eigenvalue weighted by Gasteiger charge is -2.37. The molecule has 180 valence electrons. The van der Waals surface area contributed by atoms with Gasteiger partial charge in [0.1, 0.15) is 11.5 Å². The Labute approximate surface area is 208 Å². The van der Waals surface area contributed by atoms with Gasteiger partial charge < -0.3 is 15.1 Å². The maximum absolute atomic E-state index is 13.3. The van der Waals surface area contributed by atoms with Crippen molar-refractivity contribution >= 4 is 28.4 Å². The Kier molecular flexibility index (Phi) is 6.72. The summed E-state index contributed by atoms with van der Waals surface area (Å²) in [5.41, 5.74) is 3.60. The van der Waals surface area contributed by atoms with E-state index in [0.29, 0.717) is 55.3 Å². The van der Waals surface area contributed by atoms with Crippen LogP contribution in [0.15, 0.2) is 78.9 Å². The van der Waals surface area contributed by atoms with Gasteiger partial charge in [0.25, 0.3) is 0 Å². The zero-order chi connectivity index (χ0) is 24.9. The van der Waals surface area contributed by atoms with Gasteiger partial charge in [-0.25, -0.2) is 14.4 Å². The molecule has 1 atom stereocenters. The first-order chi connectivity index (χ1) is 17.6. The quantitative estimate of drug-likeness (QED) is 0.449. The highest BCUT2D eigenvalue weighted by atomic mass is 19.1. The number of rotatable bonds is 6. The molecule has 1 saturated heterocycles. The Morgan fingerprint density at radius 3 is 2.17 bits per heavy atom. The predicted octanol–water partition coefficient (Wildman–Crippen LogP) is 4.02. The molecule has 3 aromatic carbocycles. The molecule has 36 heavy (non-hydrogen) atoms. The fraction of sp³-hybridized carbons (Fsp3) is 0.214. The van der Waals surface area contributed by atoms with E-state index in [2.05, 4.69) is 21.2 Å². The van der Waals surface area contributed by atoms with Crippen molar-refractivity contribution in [3.8, 4) is 6.07 Å². The Bertz CT molecular complexity index is 1400. The van der Waals surface area contributed by atoms with Gasteiger partial charge in [-0.05, 0) is 42.0 Å². The van der Waals surface area contributed by atoms with Gasteiger partial charge in [-0.2, -0.15) is 5.26 Å². The van der Waals surface area contributed by atoms with Crippen LogP contribution in [0.5, 0.6) is 0 Å². The number of amides is 1. The molecule has 1 fully saturated rings. The molecule has 4 aromatic rings. The largest absolute Gasteiger partial charge is 0.368 e. The average Bonchev–Trinajstić information content (AvgIpc) is 2.93. The number of nitrogens with one attached hydrogen (secondary N) is 1. The first-order valence-corrected chi connectivity index (χ1v) is 11.9. The van der Waals surface area contributed by atoms with E-state index in [1.165, 1.54) is 12.1 Å². The number of piperazine rings is 1. The van der Waals surface area contributed by atoms with Crippen LogP contribution < -0.4 is 15.1 Å². The number of aromatic nitrogens is 2. The molecule has 1 N–H and O–H groups in total. The van der Waals surface area contributed by atoms with Crippen LogP contribution in [-0.4, -0.2) is 42.1 Å². The Hall–Kier alpha value is -4.51. The third-order valence-corrected chi connectivity index (χ3v) is 6.32. The molecule has 0 saturated carbocycles. The van der Waals surface area contributed by atoms with E-state index in [9.17, 15) is 14.4 Å². The number of halogens is 1. The standard InChI is InChI=1S/C28H25FN6O/c29-21-10-12-22(13-11-21)34-14-16-35(17-15-34)27-26(32-24-8-4-5-9-25(24)33-27)23(18-30)28(36)31-19-20-6-2-1-3-7-20/h1-13,23H,14-17,19H2,(H,31,36). The topological polar surface area (TPSA) is 85.1 Å². The van der Waals surface area contributed by atoms with Crippen LogP contribution >= 0.6 is 0 Å². The van der Waals surface area contributed by atoms with Crippen LogP contribution in [-0.2, 0) is 11.3 Å². The zero-order valence-corrected chi connectivity index (χ0v) is 19.6. The minimum atomic E-state index is -1.10. The summed E-state index contributed by atoms with van der Waals surface area (Å²) in [7, 11) is 0. The molecule has 7 nitrogen and oxygen atoms in total. The number of carbonyl (C=O) groups is 1. The summed E-state index contributed by atoms with van der Waals surface area (Å²) in [5, 5.41) is 12.9. The normalized spacial score (nSPS) is 14.3. The zero-order valence-electron chi connectivity index (χ0n) is 19.6. The molecule has 0 aliphatic carbocycles. The first-order valence-electron chi connectivity index (χ1n) is 11.9. The number of benzene rings is 3. The van der Waals surface area contributed by atoms with Crippen LogP contribution in [0, 0.1) is 17.1 Å². The molecule has 0 spiro atoms. The fourth-order valence-electron chi connectivity index (χ4n) is 4.39. The van der Waals surface area contributed by atoms with Crippen LogP contribution in [0.1, 0.15) is 17.2 Å². The highest BCUT2D eigenvalue weighted by molar-refractivity contribution is 5.88. The van der Waals surface area contributed by atoms with Crippen molar-refractivity contribution in [2.24, 2.45) is 0 Å². The summed E-state index contributed by atoms with van der Waals surface area (Å²) in [5.74, 6) is -1.22. The van der Waals surface area contributed by atoms with E-state index in [1.54, 1.807) is 12.1 Å². The van der Waals surface area contributed by atoms with E-state index in [0.717, 1.165) is 11.3 Å². The second-order valence-electron chi connectivity index (χ2n) is 8.64. The molecule has 5 rings (SSSR count). The van der Waals surface area contributed by atoms with E-state index in [-0.39, 0.29) is 5.82 Å². The molecule has 1 aliphatic rings. The number of hydrogen-bond acceptors (Lipinski definition) is 6. The maximum Gasteiger partial charge on any atom is 0.243 e. The lowest BCUT2D eigenvalue weighted by Crippen LogP contribution is -2.47. The van der Waals surface area contributed by atoms with Gasteiger partial charge in [0.15, 0.2) is 11.7 Å². The monoisotopic (exact) mass is 480 g/mol. The van der Waals surface area contributed by atoms with Crippen LogP contribution in [0.4, 0.5) is 15.9 Å². The van der Waals surface area contributed by atoms with Gasteiger partial charge in [-0.15, -0.1) is 0 Å². The highest BCUT2D eigenvalue weighted by Crippen LogP contribution is 2.29. The van der Waals surface area contributed by atoms with Crippen molar-refractivity contribution in [3.63, 3.8) is 0 Å². The number of para-hydroxylation sites is 2. The van der Waals surface area contributed by atoms with Crippen molar-refractivity contribution < 1.29 is 9.18 Å². The number of fused-ring (bicyclic) bond motifs is 1. The van der Waals surface area contributed by atoms with Gasteiger partial charge in [0.05, 0.1) is 17.1 Å². The molecular formula is C28H25FN6O. The number of hydrogen-bond donors (Lipinski definition) is 1. The number of nitriles is 1. The van der Waals surface area contributed by atoms with Crippen molar-refractivity contribution in [2.75, 3.05) is 36.0 Å². The summed E-state index contributed by atoms with van der Waals surface area (Å²) in [6.07, 6.45) is 0. The van der Waals surface area contributed by atoms with Gasteiger partial charge in [0.2, 0.25) is 5.91 Å². The lowest BCUT2D eigenvalue weighted by molar-refractivity contribution is -0.121. The summed E-state index contributed by atoms with van der Waals surface area (Å²) in [6, 6.07) is 25.6. The lowest BCUT2D eigenvalue weighted by atomic mass is 10.0. The third-order valence-electron chi connectivity index (χ3n) is 6.32. The molecule has 1 amide bonds. The van der Waals surface area contributed by atoms with Crippen molar-refractivity contribution in [2.45, 2.75) is 12.5 Å². The molecule has 0 bridgehead atoms. The fourth-order valence-corrected chi connectivity index (χ4v) is 4.39. The van der Waals surface area contributed by atoms with Gasteiger partial charge in [-0.3, -0.25) is 4.79 Å². The van der Waals surface area contributed by atoms with E-state index in [4.69, 9.17) is 9.97 Å². The highest BCUT2D eigenvalue weighted by Gasteiger charge is 2.30. The molecule has 1 aromatic heterocycles. The second kappa shape index (κ2) is 10.4. The number of nitrogens with zero attached hydrogens (tertiary/aromatic N) is 5. The smallest absolute Gasteiger partial charge is 0.243 e. The van der Waals surface area contributed by atoms with Gasteiger partial charge in [0, 0.05) is 38.4 Å². The van der Waals surface area contributed by atoms with E-state index in [1.807, 2.05) is 54.6 Å². The molecule has 1 unspecified atom stereocenters. The minimum Gasteiger partial charge on any atom is -0.368 e. The molecule has 1 aliphatic heterocycles. The van der Waals surface area contributed by atoms with E-state index < -0.39 is 11.8 Å². The predicted molar refractivity (Wildman–Crippen MR) is 137 cm³/mol. The van der Waals surface area contributed by atoms with Crippen LogP contribution in [0.3, 0.4) is 0 Å². The van der Waals surface area contributed by atoms with Crippen LogP contribution in [0.2, 0.25) is 0 Å². The Morgan fingerprint density at radius 2 is 1.50 bits per heavy atom. The second-order valence-corrected chi connectivity index (χ2v) is 8.64. The van der Waals surface area contributed by atoms with Crippen molar-refractivity contribution in [3.05, 3.63) is 95.9 Å². The molecular weight excluding hydrogens is 455 g/mol. The molecule has 0 radical (unpaired) electrons. The summed E-state index contributed by atoms with van der Waals surface area (Å²) >= 11 is 0. The summed E-state index contributed by atoms with van der Waals surface area (Å²) in [6.45, 7) is 2.96. The number of carbonyl (C=O) groups excluding carboxylic acids is 1. The first kappa shape index (κ1) is 23.2. The van der Waals surface area contributed by atoms with Crippen LogP contribution in [0.25, 0.3) is 11.0 Å². The van der Waals surface area contributed by atoms with E-state index >= 15 is 0 Å². The van der Waals surface area contributed by atoms with Gasteiger partial charge in [-0.1, -0.05) is 42.5 Å². The summed E-state index contributed by atoms with van der Waals surface area (Å²) in [4.78, 5) is 27.0. The Morgan fingerprint density at radius 1 is 0.889 bits per heavy atom. The maximum atomic E-state index is 13.3. The minimum absolute atomic E-state index is 0.262. The third kappa shape index (κ3) is 4.96. The summed E-state index contributed by atoms with van der Waals surface area (Å²) < 4.78 is 13.3. The van der Waals surface area contributed by atoms with Gasteiger partial charge >= 0.3 is 0 Å². The average molecular weight is 481 g/mol.